The van der Waals surface area contributed by atoms with Crippen molar-refractivity contribution < 1.29 is 19.0 Å². The first-order valence-electron chi connectivity index (χ1n) is 11.2. The minimum absolute atomic E-state index is 0.264. The summed E-state index contributed by atoms with van der Waals surface area (Å²) in [6.07, 6.45) is 1.49. The predicted molar refractivity (Wildman–Crippen MR) is 132 cm³/mol. The van der Waals surface area contributed by atoms with Crippen LogP contribution in [0.15, 0.2) is 66.9 Å². The zero-order valence-electron chi connectivity index (χ0n) is 19.5. The summed E-state index contributed by atoms with van der Waals surface area (Å²) in [5.41, 5.74) is 4.02. The van der Waals surface area contributed by atoms with Crippen LogP contribution in [-0.2, 0) is 11.3 Å². The molecule has 0 aliphatic rings. The summed E-state index contributed by atoms with van der Waals surface area (Å²) in [5, 5.41) is 4.02. The van der Waals surface area contributed by atoms with Crippen molar-refractivity contribution >= 4 is 28.4 Å². The number of rotatable bonds is 9. The van der Waals surface area contributed by atoms with Crippen LogP contribution in [0.5, 0.6) is 11.5 Å². The molecule has 0 unspecified atom stereocenters. The molecule has 0 fully saturated rings. The zero-order valence-corrected chi connectivity index (χ0v) is 19.5. The van der Waals surface area contributed by atoms with E-state index in [1.165, 1.54) is 6.20 Å². The van der Waals surface area contributed by atoms with Crippen molar-refractivity contribution in [1.82, 2.24) is 9.97 Å². The number of carbonyl (C=O) groups excluding carboxylic acids is 1. The molecule has 2 aromatic carbocycles. The van der Waals surface area contributed by atoms with Gasteiger partial charge in [0, 0.05) is 17.3 Å². The van der Waals surface area contributed by atoms with Crippen LogP contribution in [0.25, 0.3) is 11.0 Å². The van der Waals surface area contributed by atoms with Gasteiger partial charge < -0.3 is 19.5 Å². The minimum Gasteiger partial charge on any atom is -0.492 e. The van der Waals surface area contributed by atoms with Crippen molar-refractivity contribution in [3.05, 3.63) is 83.7 Å². The van der Waals surface area contributed by atoms with Gasteiger partial charge in [0.05, 0.1) is 24.6 Å². The van der Waals surface area contributed by atoms with E-state index in [0.717, 1.165) is 22.7 Å². The van der Waals surface area contributed by atoms with Crippen molar-refractivity contribution in [2.24, 2.45) is 0 Å². The van der Waals surface area contributed by atoms with E-state index in [1.807, 2.05) is 74.5 Å². The highest BCUT2D eigenvalue weighted by atomic mass is 16.5. The lowest BCUT2D eigenvalue weighted by Crippen LogP contribution is -2.10. The summed E-state index contributed by atoms with van der Waals surface area (Å²) < 4.78 is 16.9. The molecule has 2 heterocycles. The van der Waals surface area contributed by atoms with E-state index >= 15 is 0 Å². The summed E-state index contributed by atoms with van der Waals surface area (Å²) in [6.45, 7) is 6.81. The van der Waals surface area contributed by atoms with E-state index in [9.17, 15) is 4.79 Å². The predicted octanol–water partition coefficient (Wildman–Crippen LogP) is 5.84. The summed E-state index contributed by atoms with van der Waals surface area (Å²) in [4.78, 5) is 21.6. The first-order chi connectivity index (χ1) is 16.6. The molecule has 2 aromatic heterocycles. The lowest BCUT2D eigenvalue weighted by atomic mass is 10.1. The smallest absolute Gasteiger partial charge is 0.341 e. The molecule has 1 N–H and O–H groups in total. The Morgan fingerprint density at radius 2 is 1.74 bits per heavy atom. The Kier molecular flexibility index (Phi) is 7.22. The van der Waals surface area contributed by atoms with Gasteiger partial charge in [-0.05, 0) is 56.7 Å². The molecule has 7 nitrogen and oxygen atoms in total. The van der Waals surface area contributed by atoms with E-state index in [4.69, 9.17) is 14.2 Å². The fourth-order valence-corrected chi connectivity index (χ4v) is 3.51. The van der Waals surface area contributed by atoms with Gasteiger partial charge >= 0.3 is 5.97 Å². The number of aryl methyl sites for hydroxylation is 1. The number of nitrogens with zero attached hydrogens (tertiary/aromatic N) is 2. The standard InChI is InChI=1S/C27H27N3O4/c1-4-32-24-15-22-25(23(27(31)33-5-2)16-28-26(22)29-18(24)3)30-20-11-13-21(14-12-20)34-17-19-9-7-6-8-10-19/h6-16H,4-5,17H2,1-3H3,(H,28,29,30). The zero-order chi connectivity index (χ0) is 23.9. The highest BCUT2D eigenvalue weighted by molar-refractivity contribution is 6.05. The Balaban J connectivity index is 1.65. The molecule has 0 aliphatic heterocycles. The number of hydrogen-bond donors (Lipinski definition) is 1. The number of nitrogens with one attached hydrogen (secondary N) is 1. The normalized spacial score (nSPS) is 10.7. The van der Waals surface area contributed by atoms with Crippen LogP contribution in [0.3, 0.4) is 0 Å². The maximum absolute atomic E-state index is 12.7. The number of esters is 1. The van der Waals surface area contributed by atoms with Gasteiger partial charge in [0.25, 0.3) is 0 Å². The van der Waals surface area contributed by atoms with Crippen LogP contribution in [0, 0.1) is 6.92 Å². The SMILES string of the molecule is CCOC(=O)c1cnc2nc(C)c(OCC)cc2c1Nc1ccc(OCc2ccccc2)cc1. The first kappa shape index (κ1) is 23.0. The molecule has 34 heavy (non-hydrogen) atoms. The van der Waals surface area contributed by atoms with E-state index < -0.39 is 5.97 Å². The molecular weight excluding hydrogens is 430 g/mol. The lowest BCUT2D eigenvalue weighted by Gasteiger charge is -2.16. The molecular formula is C27H27N3O4. The topological polar surface area (TPSA) is 82.6 Å². The van der Waals surface area contributed by atoms with Crippen LogP contribution < -0.4 is 14.8 Å². The Labute approximate surface area is 198 Å². The summed E-state index contributed by atoms with van der Waals surface area (Å²) >= 11 is 0. The van der Waals surface area contributed by atoms with E-state index in [0.29, 0.717) is 41.2 Å². The molecule has 0 bridgehead atoms. The average molecular weight is 458 g/mol. The van der Waals surface area contributed by atoms with Gasteiger partial charge in [0.1, 0.15) is 23.7 Å². The van der Waals surface area contributed by atoms with E-state index in [1.54, 1.807) is 6.92 Å². The van der Waals surface area contributed by atoms with Crippen LogP contribution in [0.4, 0.5) is 11.4 Å². The molecule has 0 amide bonds. The monoisotopic (exact) mass is 457 g/mol. The van der Waals surface area contributed by atoms with Crippen LogP contribution in [0.2, 0.25) is 0 Å². The maximum Gasteiger partial charge on any atom is 0.341 e. The van der Waals surface area contributed by atoms with Crippen molar-refractivity contribution in [1.29, 1.82) is 0 Å². The van der Waals surface area contributed by atoms with Gasteiger partial charge in [0.15, 0.2) is 5.65 Å². The van der Waals surface area contributed by atoms with Crippen LogP contribution in [-0.4, -0.2) is 29.2 Å². The minimum atomic E-state index is -0.458. The van der Waals surface area contributed by atoms with Crippen LogP contribution >= 0.6 is 0 Å². The first-order valence-corrected chi connectivity index (χ1v) is 11.2. The summed E-state index contributed by atoms with van der Waals surface area (Å²) in [7, 11) is 0. The summed E-state index contributed by atoms with van der Waals surface area (Å²) in [6, 6.07) is 19.4. The van der Waals surface area contributed by atoms with Gasteiger partial charge in [-0.2, -0.15) is 0 Å². The third-order valence-electron chi connectivity index (χ3n) is 5.17. The Morgan fingerprint density at radius 3 is 2.44 bits per heavy atom. The second-order valence-electron chi connectivity index (χ2n) is 7.57. The van der Waals surface area contributed by atoms with Crippen molar-refractivity contribution in [3.8, 4) is 11.5 Å². The number of hydrogen-bond acceptors (Lipinski definition) is 7. The number of aromatic nitrogens is 2. The van der Waals surface area contributed by atoms with Gasteiger partial charge in [0.2, 0.25) is 0 Å². The highest BCUT2D eigenvalue weighted by Gasteiger charge is 2.19. The Morgan fingerprint density at radius 1 is 0.971 bits per heavy atom. The molecule has 0 radical (unpaired) electrons. The van der Waals surface area contributed by atoms with E-state index in [2.05, 4.69) is 15.3 Å². The van der Waals surface area contributed by atoms with Crippen molar-refractivity contribution in [3.63, 3.8) is 0 Å². The number of fused-ring (bicyclic) bond motifs is 1. The summed E-state index contributed by atoms with van der Waals surface area (Å²) in [5.74, 6) is 0.932. The molecule has 174 valence electrons. The molecule has 4 rings (SSSR count). The molecule has 0 aliphatic carbocycles. The number of ether oxygens (including phenoxy) is 3. The third kappa shape index (κ3) is 5.26. The van der Waals surface area contributed by atoms with Gasteiger partial charge in [-0.1, -0.05) is 30.3 Å². The van der Waals surface area contributed by atoms with Crippen molar-refractivity contribution in [2.75, 3.05) is 18.5 Å². The second kappa shape index (κ2) is 10.7. The number of carbonyl (C=O) groups is 1. The van der Waals surface area contributed by atoms with Gasteiger partial charge in [-0.15, -0.1) is 0 Å². The fourth-order valence-electron chi connectivity index (χ4n) is 3.51. The average Bonchev–Trinajstić information content (AvgIpc) is 2.85. The quantitative estimate of drug-likeness (QED) is 0.316. The lowest BCUT2D eigenvalue weighted by molar-refractivity contribution is 0.0527. The third-order valence-corrected chi connectivity index (χ3v) is 5.17. The highest BCUT2D eigenvalue weighted by Crippen LogP contribution is 2.33. The Bertz CT molecular complexity index is 1270. The van der Waals surface area contributed by atoms with E-state index in [-0.39, 0.29) is 6.61 Å². The molecule has 0 saturated carbocycles. The van der Waals surface area contributed by atoms with Gasteiger partial charge in [-0.25, -0.2) is 14.8 Å². The number of anilines is 2. The Hall–Kier alpha value is -4.13. The molecule has 4 aromatic rings. The number of pyridine rings is 2. The molecule has 0 atom stereocenters. The molecule has 7 heteroatoms. The number of benzene rings is 2. The van der Waals surface area contributed by atoms with Gasteiger partial charge in [-0.3, -0.25) is 0 Å². The second-order valence-corrected chi connectivity index (χ2v) is 7.57. The molecule has 0 saturated heterocycles. The maximum atomic E-state index is 12.7. The van der Waals surface area contributed by atoms with Crippen molar-refractivity contribution in [2.45, 2.75) is 27.4 Å². The molecule has 0 spiro atoms. The van der Waals surface area contributed by atoms with Crippen LogP contribution in [0.1, 0.15) is 35.5 Å². The largest absolute Gasteiger partial charge is 0.492 e. The fraction of sp³-hybridized carbons (Fsp3) is 0.222.